The van der Waals surface area contributed by atoms with Gasteiger partial charge in [-0.3, -0.25) is 14.9 Å². The highest BCUT2D eigenvalue weighted by molar-refractivity contribution is 5.66. The molecule has 1 aromatic rings. The fraction of sp³-hybridized carbons (Fsp3) is 0.462. The Morgan fingerprint density at radius 3 is 2.75 bits per heavy atom. The summed E-state index contributed by atoms with van der Waals surface area (Å²) >= 11 is 0. The van der Waals surface area contributed by atoms with Crippen molar-refractivity contribution < 1.29 is 19.6 Å². The molecule has 0 aliphatic heterocycles. The Labute approximate surface area is 116 Å². The van der Waals surface area contributed by atoms with Crippen LogP contribution in [0.5, 0.6) is 5.75 Å². The molecule has 7 nitrogen and oxygen atoms in total. The number of carboxylic acids is 1. The zero-order valence-electron chi connectivity index (χ0n) is 11.3. The van der Waals surface area contributed by atoms with Crippen LogP contribution in [-0.4, -0.2) is 29.7 Å². The van der Waals surface area contributed by atoms with Crippen molar-refractivity contribution in [3.63, 3.8) is 0 Å². The van der Waals surface area contributed by atoms with E-state index in [1.165, 1.54) is 19.2 Å². The minimum Gasteiger partial charge on any atom is -0.497 e. The average Bonchev–Trinajstić information content (AvgIpc) is 2.41. The number of carbonyl (C=O) groups is 1. The van der Waals surface area contributed by atoms with Gasteiger partial charge in [-0.2, -0.15) is 0 Å². The molecule has 0 atom stereocenters. The van der Waals surface area contributed by atoms with Crippen LogP contribution in [0, 0.1) is 10.1 Å². The Kier molecular flexibility index (Phi) is 6.28. The fourth-order valence-corrected chi connectivity index (χ4v) is 1.74. The van der Waals surface area contributed by atoms with Crippen LogP contribution in [0.2, 0.25) is 0 Å². The lowest BCUT2D eigenvalue weighted by Gasteiger charge is -2.08. The van der Waals surface area contributed by atoms with Gasteiger partial charge in [0.15, 0.2) is 0 Å². The second-order valence-electron chi connectivity index (χ2n) is 4.27. The molecule has 0 aliphatic carbocycles. The number of hydrogen-bond acceptors (Lipinski definition) is 5. The Morgan fingerprint density at radius 1 is 1.40 bits per heavy atom. The maximum atomic E-state index is 10.9. The largest absolute Gasteiger partial charge is 0.497 e. The van der Waals surface area contributed by atoms with Crippen LogP contribution < -0.4 is 10.1 Å². The van der Waals surface area contributed by atoms with Gasteiger partial charge in [-0.15, -0.1) is 0 Å². The van der Waals surface area contributed by atoms with E-state index in [-0.39, 0.29) is 12.1 Å². The molecule has 0 fully saturated rings. The number of hydrogen-bond donors (Lipinski definition) is 2. The van der Waals surface area contributed by atoms with Crippen molar-refractivity contribution in [1.29, 1.82) is 0 Å². The van der Waals surface area contributed by atoms with Crippen molar-refractivity contribution in [2.24, 2.45) is 0 Å². The minimum absolute atomic E-state index is 0.00339. The number of nitro groups is 1. The third kappa shape index (κ3) is 5.13. The molecule has 2 N–H and O–H groups in total. The summed E-state index contributed by atoms with van der Waals surface area (Å²) in [5.74, 6) is -0.259. The molecule has 20 heavy (non-hydrogen) atoms. The first-order valence-corrected chi connectivity index (χ1v) is 6.32. The average molecular weight is 282 g/mol. The van der Waals surface area contributed by atoms with Crippen LogP contribution in [0.25, 0.3) is 0 Å². The van der Waals surface area contributed by atoms with Crippen LogP contribution in [-0.2, 0) is 4.79 Å². The van der Waals surface area contributed by atoms with E-state index in [9.17, 15) is 14.9 Å². The van der Waals surface area contributed by atoms with Gasteiger partial charge >= 0.3 is 5.97 Å². The normalized spacial score (nSPS) is 10.1. The Hall–Kier alpha value is -2.31. The highest BCUT2D eigenvalue weighted by Gasteiger charge is 2.13. The second kappa shape index (κ2) is 7.98. The molecule has 0 unspecified atom stereocenters. The second-order valence-corrected chi connectivity index (χ2v) is 4.27. The van der Waals surface area contributed by atoms with E-state index in [0.29, 0.717) is 24.4 Å². The highest BCUT2D eigenvalue weighted by Crippen LogP contribution is 2.28. The van der Waals surface area contributed by atoms with Crippen LogP contribution in [0.4, 0.5) is 11.4 Å². The van der Waals surface area contributed by atoms with Crippen molar-refractivity contribution in [2.45, 2.75) is 25.7 Å². The van der Waals surface area contributed by atoms with Crippen molar-refractivity contribution in [1.82, 2.24) is 0 Å². The van der Waals surface area contributed by atoms with Crippen LogP contribution >= 0.6 is 0 Å². The Bertz CT molecular complexity index is 476. The molecule has 0 heterocycles. The topological polar surface area (TPSA) is 102 Å². The van der Waals surface area contributed by atoms with Gasteiger partial charge < -0.3 is 15.2 Å². The SMILES string of the molecule is COc1ccc([N+](=O)[O-])c(NCCCCCC(=O)O)c1. The maximum Gasteiger partial charge on any atom is 0.303 e. The number of ether oxygens (including phenoxy) is 1. The molecule has 0 amide bonds. The minimum atomic E-state index is -0.804. The van der Waals surface area contributed by atoms with Crippen molar-refractivity contribution in [2.75, 3.05) is 19.0 Å². The number of benzene rings is 1. The number of rotatable bonds is 9. The van der Waals surface area contributed by atoms with Gasteiger partial charge in [-0.25, -0.2) is 0 Å². The van der Waals surface area contributed by atoms with Crippen LogP contribution in [0.3, 0.4) is 0 Å². The lowest BCUT2D eigenvalue weighted by atomic mass is 10.2. The molecule has 0 saturated heterocycles. The smallest absolute Gasteiger partial charge is 0.303 e. The number of carboxylic acid groups (broad SMARTS) is 1. The third-order valence-electron chi connectivity index (χ3n) is 2.78. The quantitative estimate of drug-likeness (QED) is 0.410. The zero-order chi connectivity index (χ0) is 15.0. The summed E-state index contributed by atoms with van der Waals surface area (Å²) in [6, 6.07) is 4.51. The molecule has 0 spiro atoms. The van der Waals surface area contributed by atoms with E-state index in [2.05, 4.69) is 5.32 Å². The summed E-state index contributed by atoms with van der Waals surface area (Å²) in [5, 5.41) is 22.4. The van der Waals surface area contributed by atoms with Crippen molar-refractivity contribution >= 4 is 17.3 Å². The molecule has 1 aromatic carbocycles. The van der Waals surface area contributed by atoms with Gasteiger partial charge in [0.2, 0.25) is 0 Å². The monoisotopic (exact) mass is 282 g/mol. The fourth-order valence-electron chi connectivity index (χ4n) is 1.74. The summed E-state index contributed by atoms with van der Waals surface area (Å²) < 4.78 is 5.03. The third-order valence-corrected chi connectivity index (χ3v) is 2.78. The molecular formula is C13H18N2O5. The van der Waals surface area contributed by atoms with Crippen molar-refractivity contribution in [3.05, 3.63) is 28.3 Å². The standard InChI is InChI=1S/C13H18N2O5/c1-20-10-6-7-12(15(18)19)11(9-10)14-8-4-2-3-5-13(16)17/h6-7,9,14H,2-5,8H2,1H3,(H,16,17). The first-order valence-electron chi connectivity index (χ1n) is 6.32. The highest BCUT2D eigenvalue weighted by atomic mass is 16.6. The number of anilines is 1. The predicted octanol–water partition coefficient (Wildman–Crippen LogP) is 2.66. The lowest BCUT2D eigenvalue weighted by molar-refractivity contribution is -0.384. The Morgan fingerprint density at radius 2 is 2.15 bits per heavy atom. The van der Waals surface area contributed by atoms with E-state index < -0.39 is 10.9 Å². The number of nitrogens with one attached hydrogen (secondary N) is 1. The first-order chi connectivity index (χ1) is 9.54. The van der Waals surface area contributed by atoms with Gasteiger partial charge in [0, 0.05) is 25.1 Å². The van der Waals surface area contributed by atoms with E-state index in [0.717, 1.165) is 12.8 Å². The number of methoxy groups -OCH3 is 1. The summed E-state index contributed by atoms with van der Waals surface area (Å²) in [6.45, 7) is 0.549. The first kappa shape index (κ1) is 15.7. The zero-order valence-corrected chi connectivity index (χ0v) is 11.3. The van der Waals surface area contributed by atoms with Crippen molar-refractivity contribution in [3.8, 4) is 5.75 Å². The summed E-state index contributed by atoms with van der Waals surface area (Å²) in [6.07, 6.45) is 2.27. The summed E-state index contributed by atoms with van der Waals surface area (Å²) in [7, 11) is 1.50. The number of aliphatic carboxylic acids is 1. The summed E-state index contributed by atoms with van der Waals surface area (Å²) in [5.41, 5.74) is 0.406. The van der Waals surface area contributed by atoms with E-state index in [1.54, 1.807) is 6.07 Å². The molecule has 7 heteroatoms. The molecule has 0 aliphatic rings. The number of nitrogens with zero attached hydrogens (tertiary/aromatic N) is 1. The molecule has 0 saturated carbocycles. The number of unbranched alkanes of at least 4 members (excludes halogenated alkanes) is 2. The summed E-state index contributed by atoms with van der Waals surface area (Å²) in [4.78, 5) is 20.8. The molecule has 0 radical (unpaired) electrons. The predicted molar refractivity (Wildman–Crippen MR) is 74.2 cm³/mol. The molecule has 1 rings (SSSR count). The van der Waals surface area contributed by atoms with Gasteiger partial charge in [-0.1, -0.05) is 6.42 Å². The van der Waals surface area contributed by atoms with Crippen LogP contribution in [0.1, 0.15) is 25.7 Å². The van der Waals surface area contributed by atoms with E-state index in [1.807, 2.05) is 0 Å². The van der Waals surface area contributed by atoms with E-state index in [4.69, 9.17) is 9.84 Å². The van der Waals surface area contributed by atoms with Gasteiger partial charge in [-0.05, 0) is 18.9 Å². The van der Waals surface area contributed by atoms with Crippen LogP contribution in [0.15, 0.2) is 18.2 Å². The van der Waals surface area contributed by atoms with Gasteiger partial charge in [0.05, 0.1) is 12.0 Å². The Balaban J connectivity index is 2.49. The molecular weight excluding hydrogens is 264 g/mol. The number of nitro benzene ring substituents is 1. The molecule has 0 bridgehead atoms. The lowest BCUT2D eigenvalue weighted by Crippen LogP contribution is -2.05. The van der Waals surface area contributed by atoms with E-state index >= 15 is 0 Å². The maximum absolute atomic E-state index is 10.9. The van der Waals surface area contributed by atoms with Gasteiger partial charge in [0.1, 0.15) is 11.4 Å². The van der Waals surface area contributed by atoms with Gasteiger partial charge in [0.25, 0.3) is 5.69 Å². The molecule has 110 valence electrons. The molecule has 0 aromatic heterocycles.